The third-order valence-corrected chi connectivity index (χ3v) is 6.21. The van der Waals surface area contributed by atoms with Crippen LogP contribution in [0.1, 0.15) is 22.8 Å². The standard InChI is InChI=1S/C23H20N6O5S/c1-3-34-22(30)19-14(2)20(15-5-7-16(8-6-15)29(32)33)35-21(19)27-23(31)26-18-10-9-17(13-24-18)28-12-4-11-25-28/h4-13H,3H2,1-2H3,(H2,24,26,27,31). The van der Waals surface area contributed by atoms with E-state index in [-0.39, 0.29) is 17.9 Å². The number of urea groups is 1. The summed E-state index contributed by atoms with van der Waals surface area (Å²) in [5.41, 5.74) is 2.18. The van der Waals surface area contributed by atoms with Gasteiger partial charge in [0.2, 0.25) is 0 Å². The van der Waals surface area contributed by atoms with Crippen molar-refractivity contribution < 1.29 is 19.2 Å². The van der Waals surface area contributed by atoms with Crippen LogP contribution in [0.15, 0.2) is 61.1 Å². The lowest BCUT2D eigenvalue weighted by Gasteiger charge is -2.09. The molecule has 0 aliphatic carbocycles. The van der Waals surface area contributed by atoms with Crippen molar-refractivity contribution in [2.24, 2.45) is 0 Å². The summed E-state index contributed by atoms with van der Waals surface area (Å²) in [5, 5.41) is 20.7. The summed E-state index contributed by atoms with van der Waals surface area (Å²) < 4.78 is 6.82. The fourth-order valence-corrected chi connectivity index (χ4v) is 4.52. The Morgan fingerprint density at radius 1 is 1.17 bits per heavy atom. The summed E-state index contributed by atoms with van der Waals surface area (Å²) in [6.45, 7) is 3.59. The van der Waals surface area contributed by atoms with Gasteiger partial charge in [0, 0.05) is 29.4 Å². The lowest BCUT2D eigenvalue weighted by Crippen LogP contribution is -2.21. The number of amides is 2. The van der Waals surface area contributed by atoms with Crippen LogP contribution < -0.4 is 10.6 Å². The second-order valence-corrected chi connectivity index (χ2v) is 8.24. The number of nitro benzene ring substituents is 1. The third kappa shape index (κ3) is 5.17. The van der Waals surface area contributed by atoms with Gasteiger partial charge in [0.25, 0.3) is 5.69 Å². The quantitative estimate of drug-likeness (QED) is 0.209. The Labute approximate surface area is 203 Å². The maximum absolute atomic E-state index is 12.7. The molecule has 1 aromatic carbocycles. The molecule has 3 heterocycles. The number of nitrogens with zero attached hydrogens (tertiary/aromatic N) is 4. The lowest BCUT2D eigenvalue weighted by molar-refractivity contribution is -0.384. The van der Waals surface area contributed by atoms with Crippen LogP contribution in [0.3, 0.4) is 0 Å². The van der Waals surface area contributed by atoms with E-state index in [4.69, 9.17) is 4.74 Å². The second kappa shape index (κ2) is 10.1. The van der Waals surface area contributed by atoms with Crippen LogP contribution in [-0.4, -0.2) is 38.3 Å². The molecule has 35 heavy (non-hydrogen) atoms. The van der Waals surface area contributed by atoms with Gasteiger partial charge in [-0.1, -0.05) is 0 Å². The molecule has 2 amide bonds. The number of pyridine rings is 1. The van der Waals surface area contributed by atoms with Gasteiger partial charge in [0.1, 0.15) is 10.8 Å². The van der Waals surface area contributed by atoms with Crippen molar-refractivity contribution in [2.75, 3.05) is 17.2 Å². The van der Waals surface area contributed by atoms with Crippen LogP contribution in [0.5, 0.6) is 0 Å². The number of ether oxygens (including phenoxy) is 1. The molecule has 0 saturated heterocycles. The highest BCUT2D eigenvalue weighted by Gasteiger charge is 2.24. The number of benzene rings is 1. The van der Waals surface area contributed by atoms with E-state index >= 15 is 0 Å². The zero-order chi connectivity index (χ0) is 24.9. The number of nitro groups is 1. The minimum absolute atomic E-state index is 0.0441. The SMILES string of the molecule is CCOC(=O)c1c(NC(=O)Nc2ccc(-n3cccn3)cn2)sc(-c2ccc([N+](=O)[O-])cc2)c1C. The number of hydrogen-bond donors (Lipinski definition) is 2. The van der Waals surface area contributed by atoms with Gasteiger partial charge in [-0.25, -0.2) is 19.3 Å². The van der Waals surface area contributed by atoms with Gasteiger partial charge in [-0.2, -0.15) is 5.10 Å². The summed E-state index contributed by atoms with van der Waals surface area (Å²) in [6, 6.07) is 10.5. The molecule has 2 N–H and O–H groups in total. The first-order valence-electron chi connectivity index (χ1n) is 10.5. The van der Waals surface area contributed by atoms with Crippen LogP contribution in [0.4, 0.5) is 21.3 Å². The third-order valence-electron chi connectivity index (χ3n) is 4.95. The minimum atomic E-state index is -0.591. The van der Waals surface area contributed by atoms with Crippen molar-refractivity contribution in [3.63, 3.8) is 0 Å². The molecule has 0 bridgehead atoms. The van der Waals surface area contributed by atoms with Crippen molar-refractivity contribution >= 4 is 39.8 Å². The second-order valence-electron chi connectivity index (χ2n) is 7.22. The van der Waals surface area contributed by atoms with Crippen molar-refractivity contribution in [3.8, 4) is 16.1 Å². The zero-order valence-corrected chi connectivity index (χ0v) is 19.5. The number of esters is 1. The van der Waals surface area contributed by atoms with Crippen LogP contribution in [0, 0.1) is 17.0 Å². The summed E-state index contributed by atoms with van der Waals surface area (Å²) in [6.07, 6.45) is 4.98. The topological polar surface area (TPSA) is 141 Å². The van der Waals surface area contributed by atoms with E-state index in [1.165, 1.54) is 23.5 Å². The van der Waals surface area contributed by atoms with Gasteiger partial charge in [-0.3, -0.25) is 20.7 Å². The molecule has 4 rings (SSSR count). The van der Waals surface area contributed by atoms with E-state index in [1.807, 2.05) is 0 Å². The fourth-order valence-electron chi connectivity index (χ4n) is 3.33. The van der Waals surface area contributed by atoms with Gasteiger partial charge >= 0.3 is 12.0 Å². The number of aromatic nitrogens is 3. The molecule has 0 atom stereocenters. The van der Waals surface area contributed by atoms with E-state index in [0.717, 1.165) is 5.69 Å². The van der Waals surface area contributed by atoms with Crippen LogP contribution in [0.2, 0.25) is 0 Å². The molecule has 0 aliphatic rings. The van der Waals surface area contributed by atoms with E-state index in [9.17, 15) is 19.7 Å². The van der Waals surface area contributed by atoms with Crippen molar-refractivity contribution in [1.82, 2.24) is 14.8 Å². The lowest BCUT2D eigenvalue weighted by atomic mass is 10.1. The Balaban J connectivity index is 1.57. The van der Waals surface area contributed by atoms with Gasteiger partial charge in [0.15, 0.2) is 0 Å². The Bertz CT molecular complexity index is 1360. The highest BCUT2D eigenvalue weighted by atomic mass is 32.1. The number of nitrogens with one attached hydrogen (secondary N) is 2. The monoisotopic (exact) mass is 492 g/mol. The van der Waals surface area contributed by atoms with Gasteiger partial charge in [-0.15, -0.1) is 11.3 Å². The first-order valence-corrected chi connectivity index (χ1v) is 11.3. The number of carbonyl (C=O) groups is 2. The first-order chi connectivity index (χ1) is 16.9. The number of non-ortho nitro benzene ring substituents is 1. The maximum Gasteiger partial charge on any atom is 0.341 e. The average Bonchev–Trinajstić information content (AvgIpc) is 3.48. The molecule has 0 aliphatic heterocycles. The highest BCUT2D eigenvalue weighted by Crippen LogP contribution is 2.40. The molecule has 12 heteroatoms. The normalized spacial score (nSPS) is 10.6. The molecule has 0 spiro atoms. The Morgan fingerprint density at radius 3 is 2.54 bits per heavy atom. The number of rotatable bonds is 7. The van der Waals surface area contributed by atoms with Crippen molar-refractivity contribution in [3.05, 3.63) is 82.3 Å². The van der Waals surface area contributed by atoms with E-state index in [1.54, 1.807) is 67.5 Å². The smallest absolute Gasteiger partial charge is 0.341 e. The molecular weight excluding hydrogens is 472 g/mol. The summed E-state index contributed by atoms with van der Waals surface area (Å²) in [4.78, 5) is 40.8. The molecule has 178 valence electrons. The molecule has 0 saturated carbocycles. The first kappa shape index (κ1) is 23.6. The maximum atomic E-state index is 12.7. The molecule has 11 nitrogen and oxygen atoms in total. The fraction of sp³-hybridized carbons (Fsp3) is 0.130. The minimum Gasteiger partial charge on any atom is -0.462 e. The van der Waals surface area contributed by atoms with E-state index in [2.05, 4.69) is 20.7 Å². The van der Waals surface area contributed by atoms with Gasteiger partial charge < -0.3 is 4.74 Å². The number of anilines is 2. The average molecular weight is 493 g/mol. The van der Waals surface area contributed by atoms with Crippen molar-refractivity contribution in [1.29, 1.82) is 0 Å². The Hall–Kier alpha value is -4.58. The van der Waals surface area contributed by atoms with Crippen LogP contribution in [0.25, 0.3) is 16.1 Å². The largest absolute Gasteiger partial charge is 0.462 e. The number of thiophene rings is 1. The zero-order valence-electron chi connectivity index (χ0n) is 18.7. The van der Waals surface area contributed by atoms with Crippen LogP contribution >= 0.6 is 11.3 Å². The predicted molar refractivity (Wildman–Crippen MR) is 131 cm³/mol. The van der Waals surface area contributed by atoms with Crippen LogP contribution in [-0.2, 0) is 4.74 Å². The summed E-state index contributed by atoms with van der Waals surface area (Å²) in [5.74, 6) is -0.272. The van der Waals surface area contributed by atoms with Gasteiger partial charge in [0.05, 0.1) is 29.0 Å². The highest BCUT2D eigenvalue weighted by molar-refractivity contribution is 7.20. The Morgan fingerprint density at radius 2 is 1.94 bits per heavy atom. The summed E-state index contributed by atoms with van der Waals surface area (Å²) in [7, 11) is 0. The molecule has 0 unspecified atom stereocenters. The summed E-state index contributed by atoms with van der Waals surface area (Å²) >= 11 is 1.17. The molecule has 0 fully saturated rings. The van der Waals surface area contributed by atoms with Gasteiger partial charge in [-0.05, 0) is 55.3 Å². The number of hydrogen-bond acceptors (Lipinski definition) is 8. The number of carbonyl (C=O) groups excluding carboxylic acids is 2. The molecule has 4 aromatic rings. The Kier molecular flexibility index (Phi) is 6.83. The van der Waals surface area contributed by atoms with E-state index in [0.29, 0.717) is 26.8 Å². The van der Waals surface area contributed by atoms with Crippen molar-refractivity contribution in [2.45, 2.75) is 13.8 Å². The molecule has 3 aromatic heterocycles. The predicted octanol–water partition coefficient (Wildman–Crippen LogP) is 5.03. The molecule has 0 radical (unpaired) electrons. The molecular formula is C23H20N6O5S. The van der Waals surface area contributed by atoms with E-state index < -0.39 is 16.9 Å².